The van der Waals surface area contributed by atoms with Crippen LogP contribution in [0.5, 0.6) is 0 Å². The number of rotatable bonds is 4. The summed E-state index contributed by atoms with van der Waals surface area (Å²) in [6.45, 7) is 1.55. The highest BCUT2D eigenvalue weighted by Crippen LogP contribution is 2.23. The summed E-state index contributed by atoms with van der Waals surface area (Å²) in [5, 5.41) is 19.2. The van der Waals surface area contributed by atoms with Crippen molar-refractivity contribution in [1.29, 1.82) is 5.26 Å². The number of halogens is 2. The van der Waals surface area contributed by atoms with Gasteiger partial charge in [0.05, 0.1) is 28.5 Å². The molecule has 1 aromatic carbocycles. The van der Waals surface area contributed by atoms with Crippen molar-refractivity contribution < 1.29 is 18.5 Å². The average Bonchev–Trinajstić information content (AvgIpc) is 2.39. The fourth-order valence-corrected chi connectivity index (χ4v) is 1.60. The van der Waals surface area contributed by atoms with E-state index < -0.39 is 39.6 Å². The molecule has 1 rings (SSSR count). The van der Waals surface area contributed by atoms with Crippen LogP contribution in [0.15, 0.2) is 12.1 Å². The van der Waals surface area contributed by atoms with Crippen LogP contribution in [0.3, 0.4) is 0 Å². The maximum absolute atomic E-state index is 13.8. The zero-order valence-corrected chi connectivity index (χ0v) is 10.8. The van der Waals surface area contributed by atoms with E-state index in [9.17, 15) is 23.7 Å². The van der Waals surface area contributed by atoms with Gasteiger partial charge in [-0.1, -0.05) is 0 Å². The third kappa shape index (κ3) is 3.26. The van der Waals surface area contributed by atoms with Gasteiger partial charge in [-0.15, -0.1) is 0 Å². The number of benzene rings is 1. The van der Waals surface area contributed by atoms with Gasteiger partial charge in [-0.2, -0.15) is 9.65 Å². The highest BCUT2D eigenvalue weighted by molar-refractivity contribution is 5.95. The molecular formula is C12H11F2N3O3. The van der Waals surface area contributed by atoms with Crippen molar-refractivity contribution in [3.05, 3.63) is 39.4 Å². The minimum atomic E-state index is -1.39. The molecule has 0 aromatic heterocycles. The summed E-state index contributed by atoms with van der Waals surface area (Å²) in [7, 11) is 1.30. The van der Waals surface area contributed by atoms with E-state index >= 15 is 0 Å². The average molecular weight is 283 g/mol. The summed E-state index contributed by atoms with van der Waals surface area (Å²) >= 11 is 0. The van der Waals surface area contributed by atoms with Gasteiger partial charge < -0.3 is 4.90 Å². The van der Waals surface area contributed by atoms with Crippen LogP contribution in [0.1, 0.15) is 17.3 Å². The van der Waals surface area contributed by atoms with Crippen molar-refractivity contribution in [3.63, 3.8) is 0 Å². The van der Waals surface area contributed by atoms with Gasteiger partial charge in [0.1, 0.15) is 5.82 Å². The zero-order valence-electron chi connectivity index (χ0n) is 10.8. The molecule has 1 amide bonds. The van der Waals surface area contributed by atoms with E-state index in [1.165, 1.54) is 7.05 Å². The predicted octanol–water partition coefficient (Wildman–Crippen LogP) is 2.10. The van der Waals surface area contributed by atoms with E-state index in [1.807, 2.05) is 6.07 Å². The molecule has 0 radical (unpaired) electrons. The molecule has 1 atom stereocenters. The Hall–Kier alpha value is -2.56. The number of carbonyl (C=O) groups excluding carboxylic acids is 1. The Morgan fingerprint density at radius 2 is 2.15 bits per heavy atom. The van der Waals surface area contributed by atoms with E-state index in [4.69, 9.17) is 5.26 Å². The van der Waals surface area contributed by atoms with Crippen LogP contribution in [-0.4, -0.2) is 29.3 Å². The Morgan fingerprint density at radius 3 is 2.65 bits per heavy atom. The summed E-state index contributed by atoms with van der Waals surface area (Å²) in [5.74, 6) is -3.90. The first-order chi connectivity index (χ1) is 9.27. The topological polar surface area (TPSA) is 87.2 Å². The molecule has 8 heteroatoms. The molecule has 0 fully saturated rings. The van der Waals surface area contributed by atoms with Crippen molar-refractivity contribution in [1.82, 2.24) is 4.90 Å². The SMILES string of the molecule is CC(C#N)CN(C)C(=O)c1cc(F)cc([N+](=O)[O-])c1F. The predicted molar refractivity (Wildman–Crippen MR) is 64.7 cm³/mol. The maximum Gasteiger partial charge on any atom is 0.308 e. The first-order valence-corrected chi connectivity index (χ1v) is 5.56. The largest absolute Gasteiger partial charge is 0.340 e. The van der Waals surface area contributed by atoms with Crippen molar-refractivity contribution in [3.8, 4) is 6.07 Å². The molecule has 0 saturated heterocycles. The molecule has 0 bridgehead atoms. The van der Waals surface area contributed by atoms with Crippen LogP contribution in [0.25, 0.3) is 0 Å². The quantitative estimate of drug-likeness (QED) is 0.625. The fraction of sp³-hybridized carbons (Fsp3) is 0.333. The van der Waals surface area contributed by atoms with Crippen molar-refractivity contribution in [2.45, 2.75) is 6.92 Å². The summed E-state index contributed by atoms with van der Waals surface area (Å²) in [6.07, 6.45) is 0. The Balaban J connectivity index is 3.17. The minimum Gasteiger partial charge on any atom is -0.340 e. The van der Waals surface area contributed by atoms with E-state index in [0.717, 1.165) is 4.90 Å². The van der Waals surface area contributed by atoms with E-state index in [-0.39, 0.29) is 6.54 Å². The number of amides is 1. The monoisotopic (exact) mass is 283 g/mol. The number of carbonyl (C=O) groups is 1. The third-order valence-electron chi connectivity index (χ3n) is 2.56. The molecule has 0 saturated carbocycles. The van der Waals surface area contributed by atoms with Crippen molar-refractivity contribution in [2.75, 3.05) is 13.6 Å². The van der Waals surface area contributed by atoms with Gasteiger partial charge in [-0.3, -0.25) is 14.9 Å². The van der Waals surface area contributed by atoms with Gasteiger partial charge in [0.2, 0.25) is 5.82 Å². The Labute approximate surface area is 113 Å². The molecule has 0 aliphatic heterocycles. The lowest BCUT2D eigenvalue weighted by Gasteiger charge is -2.18. The first-order valence-electron chi connectivity index (χ1n) is 5.56. The van der Waals surface area contributed by atoms with Gasteiger partial charge in [0.25, 0.3) is 5.91 Å². The molecule has 0 aliphatic carbocycles. The van der Waals surface area contributed by atoms with Gasteiger partial charge >= 0.3 is 5.69 Å². The van der Waals surface area contributed by atoms with E-state index in [1.54, 1.807) is 6.92 Å². The van der Waals surface area contributed by atoms with Crippen molar-refractivity contribution >= 4 is 11.6 Å². The molecule has 0 spiro atoms. The van der Waals surface area contributed by atoms with Crippen LogP contribution >= 0.6 is 0 Å². The van der Waals surface area contributed by atoms with E-state index in [2.05, 4.69) is 0 Å². The summed E-state index contributed by atoms with van der Waals surface area (Å²) in [5.41, 5.74) is -1.83. The molecular weight excluding hydrogens is 272 g/mol. The Bertz CT molecular complexity index is 598. The molecule has 6 nitrogen and oxygen atoms in total. The normalized spacial score (nSPS) is 11.6. The van der Waals surface area contributed by atoms with Crippen LogP contribution in [0.4, 0.5) is 14.5 Å². The second-order valence-electron chi connectivity index (χ2n) is 4.26. The number of nitrogens with zero attached hydrogens (tertiary/aromatic N) is 3. The molecule has 20 heavy (non-hydrogen) atoms. The molecule has 0 heterocycles. The van der Waals surface area contributed by atoms with Gasteiger partial charge in [-0.05, 0) is 13.0 Å². The maximum atomic E-state index is 13.8. The lowest BCUT2D eigenvalue weighted by Crippen LogP contribution is -2.31. The van der Waals surface area contributed by atoms with Crippen LogP contribution < -0.4 is 0 Å². The molecule has 0 N–H and O–H groups in total. The second kappa shape index (κ2) is 6.06. The first kappa shape index (κ1) is 15.5. The molecule has 1 aromatic rings. The Morgan fingerprint density at radius 1 is 1.55 bits per heavy atom. The molecule has 1 unspecified atom stereocenters. The second-order valence-corrected chi connectivity index (χ2v) is 4.26. The number of nitro groups is 1. The van der Waals surface area contributed by atoms with Crippen LogP contribution in [-0.2, 0) is 0 Å². The molecule has 0 aliphatic rings. The molecule has 106 valence electrons. The highest BCUT2D eigenvalue weighted by atomic mass is 19.1. The van der Waals surface area contributed by atoms with Crippen LogP contribution in [0, 0.1) is 39.0 Å². The fourth-order valence-electron chi connectivity index (χ4n) is 1.60. The standard InChI is InChI=1S/C12H11F2N3O3/c1-7(5-15)6-16(2)12(18)9-3-8(13)4-10(11(9)14)17(19)20/h3-4,7H,6H2,1-2H3. The lowest BCUT2D eigenvalue weighted by molar-refractivity contribution is -0.387. The summed E-state index contributed by atoms with van der Waals surface area (Å²) in [6, 6.07) is 2.89. The van der Waals surface area contributed by atoms with E-state index in [0.29, 0.717) is 12.1 Å². The Kier molecular flexibility index (Phi) is 4.69. The zero-order chi connectivity index (χ0) is 15.4. The van der Waals surface area contributed by atoms with Gasteiger partial charge in [0.15, 0.2) is 0 Å². The third-order valence-corrected chi connectivity index (χ3v) is 2.56. The van der Waals surface area contributed by atoms with Gasteiger partial charge in [-0.25, -0.2) is 4.39 Å². The number of hydrogen-bond acceptors (Lipinski definition) is 4. The minimum absolute atomic E-state index is 0.000908. The van der Waals surface area contributed by atoms with Gasteiger partial charge in [0, 0.05) is 13.6 Å². The number of nitriles is 1. The summed E-state index contributed by atoms with van der Waals surface area (Å²) in [4.78, 5) is 22.4. The lowest BCUT2D eigenvalue weighted by atomic mass is 10.1. The smallest absolute Gasteiger partial charge is 0.308 e. The number of hydrogen-bond donors (Lipinski definition) is 0. The summed E-state index contributed by atoms with van der Waals surface area (Å²) < 4.78 is 27.0. The van der Waals surface area contributed by atoms with Crippen molar-refractivity contribution in [2.24, 2.45) is 5.92 Å². The number of nitro benzene ring substituents is 1. The highest BCUT2D eigenvalue weighted by Gasteiger charge is 2.26. The van der Waals surface area contributed by atoms with Crippen LogP contribution in [0.2, 0.25) is 0 Å².